The van der Waals surface area contributed by atoms with Crippen LogP contribution in [0.15, 0.2) is 0 Å². The number of carbonyl (C=O) groups is 1. The molecule has 0 aromatic rings. The summed E-state index contributed by atoms with van der Waals surface area (Å²) in [6, 6.07) is 0. The van der Waals surface area contributed by atoms with Gasteiger partial charge in [0, 0.05) is 46.1 Å². The van der Waals surface area contributed by atoms with E-state index >= 15 is 0 Å². The molecule has 1 amide bonds. The van der Waals surface area contributed by atoms with Crippen molar-refractivity contribution in [1.29, 1.82) is 0 Å². The van der Waals surface area contributed by atoms with E-state index in [0.29, 0.717) is 24.4 Å². The minimum absolute atomic E-state index is 0.119. The molecule has 6 heteroatoms. The first-order valence-electron chi connectivity index (χ1n) is 6.77. The predicted molar refractivity (Wildman–Crippen MR) is 80.0 cm³/mol. The number of hydrogen-bond donors (Lipinski definition) is 2. The van der Waals surface area contributed by atoms with Crippen molar-refractivity contribution >= 4 is 23.1 Å². The lowest BCUT2D eigenvalue weighted by Gasteiger charge is -2.35. The molecule has 0 radical (unpaired) electrons. The number of nitrogens with zero attached hydrogens (tertiary/aromatic N) is 2. The van der Waals surface area contributed by atoms with Crippen molar-refractivity contribution in [2.75, 3.05) is 33.2 Å². The fraction of sp³-hybridized carbons (Fsp3) is 0.846. The second-order valence-electron chi connectivity index (χ2n) is 5.62. The highest BCUT2D eigenvalue weighted by Crippen LogP contribution is 2.20. The Balaban J connectivity index is 2.21. The zero-order valence-corrected chi connectivity index (χ0v) is 12.7. The first kappa shape index (κ1) is 16.3. The van der Waals surface area contributed by atoms with Crippen LogP contribution in [0.3, 0.4) is 0 Å². The summed E-state index contributed by atoms with van der Waals surface area (Å²) in [6.07, 6.45) is 2.64. The summed E-state index contributed by atoms with van der Waals surface area (Å²) >= 11 is 4.80. The normalized spacial score (nSPS) is 19.1. The molecule has 0 unspecified atom stereocenters. The maximum Gasteiger partial charge on any atom is 0.223 e. The maximum absolute atomic E-state index is 11.9. The Hall–Kier alpha value is -0.720. The highest BCUT2D eigenvalue weighted by molar-refractivity contribution is 7.80. The number of rotatable bonds is 6. The molecule has 0 bridgehead atoms. The number of nitrogens with two attached hydrogens (primary N) is 1. The van der Waals surface area contributed by atoms with E-state index in [2.05, 4.69) is 4.90 Å². The Morgan fingerprint density at radius 2 is 2.00 bits per heavy atom. The lowest BCUT2D eigenvalue weighted by Crippen LogP contribution is -2.43. The number of hydrogen-bond acceptors (Lipinski definition) is 4. The lowest BCUT2D eigenvalue weighted by molar-refractivity contribution is -0.130. The zero-order valence-electron chi connectivity index (χ0n) is 11.9. The Bertz CT molecular complexity index is 324. The third-order valence-corrected chi connectivity index (χ3v) is 3.90. The summed E-state index contributed by atoms with van der Waals surface area (Å²) in [7, 11) is 1.78. The van der Waals surface area contributed by atoms with Crippen LogP contribution in [-0.4, -0.2) is 64.6 Å². The van der Waals surface area contributed by atoms with Crippen LogP contribution in [0.5, 0.6) is 0 Å². The molecule has 1 heterocycles. The molecule has 0 aromatic carbocycles. The van der Waals surface area contributed by atoms with Crippen molar-refractivity contribution in [3.8, 4) is 0 Å². The van der Waals surface area contributed by atoms with Crippen LogP contribution in [0.25, 0.3) is 0 Å². The monoisotopic (exact) mass is 287 g/mol. The van der Waals surface area contributed by atoms with Crippen molar-refractivity contribution in [2.24, 2.45) is 5.73 Å². The third-order valence-electron chi connectivity index (χ3n) is 3.69. The summed E-state index contributed by atoms with van der Waals surface area (Å²) in [5.74, 6) is 0.119. The van der Waals surface area contributed by atoms with Crippen LogP contribution >= 0.6 is 12.2 Å². The highest BCUT2D eigenvalue weighted by atomic mass is 32.1. The number of aliphatic hydroxyl groups is 1. The molecule has 0 atom stereocenters. The molecular formula is C13H25N3O2S. The predicted octanol–water partition coefficient (Wildman–Crippen LogP) is 0.358. The van der Waals surface area contributed by atoms with Crippen molar-refractivity contribution in [2.45, 2.75) is 38.2 Å². The first-order chi connectivity index (χ1) is 8.80. The molecule has 1 aliphatic rings. The number of likely N-dealkylation sites (tertiary alicyclic amines) is 1. The maximum atomic E-state index is 11.9. The zero-order chi connectivity index (χ0) is 14.5. The van der Waals surface area contributed by atoms with E-state index < -0.39 is 5.60 Å². The molecule has 19 heavy (non-hydrogen) atoms. The minimum Gasteiger partial charge on any atom is -0.393 e. The molecule has 0 aliphatic carbocycles. The van der Waals surface area contributed by atoms with Crippen molar-refractivity contribution in [1.82, 2.24) is 9.80 Å². The average Bonchev–Trinajstić information content (AvgIpc) is 2.34. The molecule has 1 rings (SSSR count). The summed E-state index contributed by atoms with van der Waals surface area (Å²) in [4.78, 5) is 16.2. The topological polar surface area (TPSA) is 69.8 Å². The second-order valence-corrected chi connectivity index (χ2v) is 6.14. The molecule has 5 nitrogen and oxygen atoms in total. The van der Waals surface area contributed by atoms with Crippen molar-refractivity contribution in [3.05, 3.63) is 0 Å². The standard InChI is InChI=1S/C13H25N3O2S/c1-13(18)5-9-16(10-6-13)8-4-12(17)15(2)7-3-11(14)19/h18H,3-10H2,1-2H3,(H2,14,19). The average molecular weight is 287 g/mol. The van der Waals surface area contributed by atoms with Gasteiger partial charge in [0.1, 0.15) is 0 Å². The molecule has 0 saturated carbocycles. The van der Waals surface area contributed by atoms with Gasteiger partial charge in [-0.25, -0.2) is 0 Å². The van der Waals surface area contributed by atoms with Gasteiger partial charge in [-0.3, -0.25) is 4.79 Å². The van der Waals surface area contributed by atoms with Crippen molar-refractivity contribution in [3.63, 3.8) is 0 Å². The number of carbonyl (C=O) groups excluding carboxylic acids is 1. The van der Waals surface area contributed by atoms with Crippen LogP contribution < -0.4 is 5.73 Å². The third kappa shape index (κ3) is 6.31. The van der Waals surface area contributed by atoms with Crippen LogP contribution in [0.4, 0.5) is 0 Å². The van der Waals surface area contributed by atoms with Gasteiger partial charge in [0.25, 0.3) is 0 Å². The smallest absolute Gasteiger partial charge is 0.223 e. The van der Waals surface area contributed by atoms with Gasteiger partial charge in [-0.1, -0.05) is 12.2 Å². The summed E-state index contributed by atoms with van der Waals surface area (Å²) in [5, 5.41) is 9.85. The van der Waals surface area contributed by atoms with E-state index in [1.165, 1.54) is 0 Å². The Morgan fingerprint density at radius 1 is 1.42 bits per heavy atom. The first-order valence-corrected chi connectivity index (χ1v) is 7.18. The molecule has 1 saturated heterocycles. The number of piperidine rings is 1. The summed E-state index contributed by atoms with van der Waals surface area (Å²) in [5.41, 5.74) is 4.89. The lowest BCUT2D eigenvalue weighted by atomic mass is 9.94. The van der Waals surface area contributed by atoms with E-state index in [1.807, 2.05) is 6.92 Å². The molecule has 0 spiro atoms. The van der Waals surface area contributed by atoms with Crippen LogP contribution in [0.2, 0.25) is 0 Å². The minimum atomic E-state index is -0.534. The van der Waals surface area contributed by atoms with Gasteiger partial charge in [-0.15, -0.1) is 0 Å². The van der Waals surface area contributed by atoms with Crippen LogP contribution in [0.1, 0.15) is 32.6 Å². The fourth-order valence-corrected chi connectivity index (χ4v) is 2.20. The Morgan fingerprint density at radius 3 is 2.53 bits per heavy atom. The van der Waals surface area contributed by atoms with E-state index in [9.17, 15) is 9.90 Å². The van der Waals surface area contributed by atoms with Gasteiger partial charge in [-0.05, 0) is 19.8 Å². The second kappa shape index (κ2) is 7.17. The molecule has 1 aliphatic heterocycles. The van der Waals surface area contributed by atoms with E-state index in [1.54, 1.807) is 11.9 Å². The molecule has 3 N–H and O–H groups in total. The van der Waals surface area contributed by atoms with Gasteiger partial charge >= 0.3 is 0 Å². The quantitative estimate of drug-likeness (QED) is 0.690. The number of amides is 1. The van der Waals surface area contributed by atoms with Gasteiger partial charge in [-0.2, -0.15) is 0 Å². The van der Waals surface area contributed by atoms with E-state index in [0.717, 1.165) is 32.5 Å². The Labute approximate surface area is 120 Å². The van der Waals surface area contributed by atoms with E-state index in [-0.39, 0.29) is 5.91 Å². The SMILES string of the molecule is CN(CCC(N)=S)C(=O)CCN1CCC(C)(O)CC1. The van der Waals surface area contributed by atoms with Crippen LogP contribution in [0, 0.1) is 0 Å². The summed E-state index contributed by atoms with van der Waals surface area (Å²) < 4.78 is 0. The van der Waals surface area contributed by atoms with E-state index in [4.69, 9.17) is 18.0 Å². The molecule has 1 fully saturated rings. The van der Waals surface area contributed by atoms with Crippen molar-refractivity contribution < 1.29 is 9.90 Å². The largest absolute Gasteiger partial charge is 0.393 e. The Kier molecular flexibility index (Phi) is 6.16. The van der Waals surface area contributed by atoms with Gasteiger partial charge in [0.2, 0.25) is 5.91 Å². The fourth-order valence-electron chi connectivity index (χ4n) is 2.11. The van der Waals surface area contributed by atoms with Gasteiger partial charge < -0.3 is 20.6 Å². The molecule has 110 valence electrons. The van der Waals surface area contributed by atoms with Crippen LogP contribution in [-0.2, 0) is 4.79 Å². The molecule has 0 aromatic heterocycles. The molecular weight excluding hydrogens is 262 g/mol. The van der Waals surface area contributed by atoms with Gasteiger partial charge in [0.05, 0.1) is 10.6 Å². The number of thiocarbonyl (C=S) groups is 1. The summed E-state index contributed by atoms with van der Waals surface area (Å²) in [6.45, 7) is 4.93. The highest BCUT2D eigenvalue weighted by Gasteiger charge is 2.27. The van der Waals surface area contributed by atoms with Gasteiger partial charge in [0.15, 0.2) is 0 Å².